The molecule has 1 saturated heterocycles. The van der Waals surface area contributed by atoms with Crippen LogP contribution in [0.15, 0.2) is 30.3 Å². The molecule has 1 aromatic carbocycles. The molecule has 1 aliphatic rings. The molecule has 1 unspecified atom stereocenters. The van der Waals surface area contributed by atoms with Crippen molar-refractivity contribution in [3.05, 3.63) is 36.0 Å². The fourth-order valence-corrected chi connectivity index (χ4v) is 2.67. The molecule has 1 aromatic heterocycles. The monoisotopic (exact) mass is 358 g/mol. The van der Waals surface area contributed by atoms with Gasteiger partial charge in [0.15, 0.2) is 11.5 Å². The van der Waals surface area contributed by atoms with Crippen LogP contribution in [0.2, 0.25) is 0 Å². The zero-order valence-electron chi connectivity index (χ0n) is 14.8. The van der Waals surface area contributed by atoms with Gasteiger partial charge in [-0.3, -0.25) is 4.79 Å². The van der Waals surface area contributed by atoms with Crippen molar-refractivity contribution in [1.29, 1.82) is 0 Å². The number of ether oxygens (including phenoxy) is 3. The van der Waals surface area contributed by atoms with Gasteiger partial charge in [-0.2, -0.15) is 0 Å². The largest absolute Gasteiger partial charge is 0.497 e. The summed E-state index contributed by atoms with van der Waals surface area (Å²) in [6, 6.07) is 8.70. The Morgan fingerprint density at radius 3 is 2.77 bits per heavy atom. The van der Waals surface area contributed by atoms with Crippen LogP contribution in [-0.4, -0.2) is 49.6 Å². The number of carbonyl (C=O) groups excluding carboxylic acids is 1. The second-order valence-electron chi connectivity index (χ2n) is 5.84. The Balaban J connectivity index is 1.63. The maximum absolute atomic E-state index is 12.1. The number of carbonyl (C=O) groups is 1. The van der Waals surface area contributed by atoms with Gasteiger partial charge in [0.1, 0.15) is 11.5 Å². The van der Waals surface area contributed by atoms with E-state index in [1.165, 1.54) is 0 Å². The van der Waals surface area contributed by atoms with Gasteiger partial charge in [0.05, 0.1) is 26.0 Å². The van der Waals surface area contributed by atoms with E-state index in [0.717, 1.165) is 19.4 Å². The summed E-state index contributed by atoms with van der Waals surface area (Å²) in [6.07, 6.45) is 2.10. The predicted molar refractivity (Wildman–Crippen MR) is 96.2 cm³/mol. The molecule has 2 heterocycles. The predicted octanol–water partition coefficient (Wildman–Crippen LogP) is 2.15. The summed E-state index contributed by atoms with van der Waals surface area (Å²) in [5.74, 6) is 1.56. The average Bonchev–Trinajstić information content (AvgIpc) is 3.20. The fraction of sp³-hybridized carbons (Fsp3) is 0.389. The zero-order valence-corrected chi connectivity index (χ0v) is 14.8. The van der Waals surface area contributed by atoms with E-state index in [0.29, 0.717) is 29.5 Å². The molecule has 138 valence electrons. The molecule has 3 rings (SSSR count). The highest BCUT2D eigenvalue weighted by Gasteiger charge is 2.17. The molecule has 2 N–H and O–H groups in total. The number of methoxy groups -OCH3 is 2. The van der Waals surface area contributed by atoms with Crippen molar-refractivity contribution >= 4 is 17.4 Å². The first-order valence-corrected chi connectivity index (χ1v) is 8.42. The molecule has 1 atom stereocenters. The molecule has 0 aliphatic carbocycles. The van der Waals surface area contributed by atoms with Crippen LogP contribution >= 0.6 is 0 Å². The van der Waals surface area contributed by atoms with Gasteiger partial charge in [0.25, 0.3) is 5.91 Å². The quantitative estimate of drug-likeness (QED) is 0.783. The standard InChI is InChI=1S/C18H22N4O4/c1-24-12-5-7-16(25-2)15(10-12)20-17-8-6-14(21-22-17)18(23)19-11-13-4-3-9-26-13/h5-8,10,13H,3-4,9,11H2,1-2H3,(H,19,23)(H,20,22). The summed E-state index contributed by atoms with van der Waals surface area (Å²) in [6.45, 7) is 1.25. The molecule has 2 aromatic rings. The van der Waals surface area contributed by atoms with Gasteiger partial charge in [-0.25, -0.2) is 0 Å². The Kier molecular flexibility index (Phi) is 5.85. The van der Waals surface area contributed by atoms with E-state index in [4.69, 9.17) is 14.2 Å². The number of hydrogen-bond donors (Lipinski definition) is 2. The first kappa shape index (κ1) is 17.9. The lowest BCUT2D eigenvalue weighted by Gasteiger charge is -2.12. The molecule has 1 amide bonds. The Morgan fingerprint density at radius 1 is 1.23 bits per heavy atom. The summed E-state index contributed by atoms with van der Waals surface area (Å²) in [5, 5.41) is 14.0. The maximum atomic E-state index is 12.1. The fourth-order valence-electron chi connectivity index (χ4n) is 2.67. The Labute approximate surface area is 151 Å². The maximum Gasteiger partial charge on any atom is 0.271 e. The van der Waals surface area contributed by atoms with Crippen LogP contribution in [0.1, 0.15) is 23.3 Å². The minimum atomic E-state index is -0.265. The second-order valence-corrected chi connectivity index (χ2v) is 5.84. The lowest BCUT2D eigenvalue weighted by Crippen LogP contribution is -2.32. The molecule has 1 fully saturated rings. The summed E-state index contributed by atoms with van der Waals surface area (Å²) in [4.78, 5) is 12.1. The summed E-state index contributed by atoms with van der Waals surface area (Å²) in [5.41, 5.74) is 0.947. The van der Waals surface area contributed by atoms with E-state index in [-0.39, 0.29) is 17.7 Å². The number of anilines is 2. The zero-order chi connectivity index (χ0) is 18.4. The van der Waals surface area contributed by atoms with Crippen molar-refractivity contribution in [2.24, 2.45) is 0 Å². The van der Waals surface area contributed by atoms with Crippen LogP contribution in [0.4, 0.5) is 11.5 Å². The molecule has 26 heavy (non-hydrogen) atoms. The van der Waals surface area contributed by atoms with E-state index >= 15 is 0 Å². The van der Waals surface area contributed by atoms with Gasteiger partial charge in [-0.15, -0.1) is 10.2 Å². The Hall–Kier alpha value is -2.87. The van der Waals surface area contributed by atoms with Crippen LogP contribution < -0.4 is 20.1 Å². The van der Waals surface area contributed by atoms with Crippen LogP contribution in [0.25, 0.3) is 0 Å². The van der Waals surface area contributed by atoms with Gasteiger partial charge in [-0.1, -0.05) is 0 Å². The van der Waals surface area contributed by atoms with Gasteiger partial charge in [-0.05, 0) is 37.1 Å². The number of hydrogen-bond acceptors (Lipinski definition) is 7. The lowest BCUT2D eigenvalue weighted by molar-refractivity contribution is 0.0853. The highest BCUT2D eigenvalue weighted by atomic mass is 16.5. The Morgan fingerprint density at radius 2 is 2.12 bits per heavy atom. The first-order valence-electron chi connectivity index (χ1n) is 8.42. The molecular weight excluding hydrogens is 336 g/mol. The smallest absolute Gasteiger partial charge is 0.271 e. The third-order valence-corrected chi connectivity index (χ3v) is 4.08. The summed E-state index contributed by atoms with van der Waals surface area (Å²) >= 11 is 0. The minimum Gasteiger partial charge on any atom is -0.497 e. The van der Waals surface area contributed by atoms with Crippen molar-refractivity contribution in [2.75, 3.05) is 32.7 Å². The van der Waals surface area contributed by atoms with E-state index in [9.17, 15) is 4.79 Å². The molecule has 0 bridgehead atoms. The van der Waals surface area contributed by atoms with Crippen molar-refractivity contribution in [3.8, 4) is 11.5 Å². The van der Waals surface area contributed by atoms with Gasteiger partial charge in [0, 0.05) is 19.2 Å². The number of aromatic nitrogens is 2. The number of nitrogens with one attached hydrogen (secondary N) is 2. The first-order chi connectivity index (χ1) is 12.7. The van der Waals surface area contributed by atoms with E-state index in [1.54, 1.807) is 44.6 Å². The number of amides is 1. The number of rotatable bonds is 7. The van der Waals surface area contributed by atoms with Crippen LogP contribution in [0.3, 0.4) is 0 Å². The van der Waals surface area contributed by atoms with Gasteiger partial charge in [0.2, 0.25) is 0 Å². The van der Waals surface area contributed by atoms with Crippen LogP contribution in [0, 0.1) is 0 Å². The Bertz CT molecular complexity index is 745. The summed E-state index contributed by atoms with van der Waals surface area (Å²) < 4.78 is 16.0. The van der Waals surface area contributed by atoms with Gasteiger partial charge < -0.3 is 24.8 Å². The van der Waals surface area contributed by atoms with Crippen LogP contribution in [0.5, 0.6) is 11.5 Å². The molecule has 8 nitrogen and oxygen atoms in total. The van der Waals surface area contributed by atoms with Gasteiger partial charge >= 0.3 is 0 Å². The van der Waals surface area contributed by atoms with E-state index in [2.05, 4.69) is 20.8 Å². The molecule has 1 aliphatic heterocycles. The van der Waals surface area contributed by atoms with Crippen molar-refractivity contribution in [2.45, 2.75) is 18.9 Å². The SMILES string of the molecule is COc1ccc(OC)c(Nc2ccc(C(=O)NCC3CCCO3)nn2)c1. The molecule has 0 saturated carbocycles. The third kappa shape index (κ3) is 4.40. The average molecular weight is 358 g/mol. The topological polar surface area (TPSA) is 94.6 Å². The highest BCUT2D eigenvalue weighted by molar-refractivity contribution is 5.92. The van der Waals surface area contributed by atoms with E-state index < -0.39 is 0 Å². The molecule has 0 radical (unpaired) electrons. The third-order valence-electron chi connectivity index (χ3n) is 4.08. The lowest BCUT2D eigenvalue weighted by atomic mass is 10.2. The van der Waals surface area contributed by atoms with Crippen LogP contribution in [-0.2, 0) is 4.74 Å². The van der Waals surface area contributed by atoms with Crippen molar-refractivity contribution in [3.63, 3.8) is 0 Å². The number of nitrogens with zero attached hydrogens (tertiary/aromatic N) is 2. The molecule has 0 spiro atoms. The van der Waals surface area contributed by atoms with Crippen molar-refractivity contribution in [1.82, 2.24) is 15.5 Å². The summed E-state index contributed by atoms with van der Waals surface area (Å²) in [7, 11) is 3.18. The minimum absolute atomic E-state index is 0.0911. The second kappa shape index (κ2) is 8.48. The van der Waals surface area contributed by atoms with E-state index in [1.807, 2.05) is 0 Å². The molecule has 8 heteroatoms. The molecular formula is C18H22N4O4. The van der Waals surface area contributed by atoms with Crippen molar-refractivity contribution < 1.29 is 19.0 Å². The highest BCUT2D eigenvalue weighted by Crippen LogP contribution is 2.30. The normalized spacial score (nSPS) is 16.2. The number of benzene rings is 1.